The largest absolute Gasteiger partial charge is 1.00 e. The summed E-state index contributed by atoms with van der Waals surface area (Å²) in [5.74, 6) is 7.89. The number of halogens is 1. The Hall–Kier alpha value is 0.250. The molecule has 0 aromatic carbocycles. The van der Waals surface area contributed by atoms with Gasteiger partial charge in [0.05, 0.1) is 24.7 Å². The molecule has 0 N–H and O–H groups in total. The molecular weight excluding hydrogens is 626 g/mol. The van der Waals surface area contributed by atoms with Crippen molar-refractivity contribution < 1.29 is 16.9 Å². The lowest BCUT2D eigenvalue weighted by atomic mass is 9.63. The molecule has 0 saturated heterocycles. The maximum atomic E-state index is 2.64. The summed E-state index contributed by atoms with van der Waals surface area (Å²) in [4.78, 5) is 0. The van der Waals surface area contributed by atoms with E-state index in [1.165, 1.54) is 167 Å². The minimum Gasteiger partial charge on any atom is -1.00 e. The van der Waals surface area contributed by atoms with Crippen molar-refractivity contribution in [3.8, 4) is 0 Å². The second-order valence-electron chi connectivity index (χ2n) is 20.2. The van der Waals surface area contributed by atoms with Crippen LogP contribution < -0.4 is 12.4 Å². The first-order valence-electron chi connectivity index (χ1n) is 23.4. The third kappa shape index (κ3) is 13.8. The quantitative estimate of drug-likeness (QED) is 0.0728. The normalized spacial score (nSPS) is 32.0. The molecule has 0 bridgehead atoms. The van der Waals surface area contributed by atoms with Gasteiger partial charge in [-0.15, -0.1) is 0 Å². The minimum absolute atomic E-state index is 0. The Balaban J connectivity index is 0.00000867. The standard InChI is InChI=1S/C48H94N.ClH/c1-11-12-13-14-15-16-17-18-19-20-21-22-23-24-25-26-33-49(46-34-40(8)27-30-43(46)37(2)3,47-35-41(9)28-31-44(47)38(4)5)48-36-42(10)29-32-45(48)39(6)7;/h37-48H,11-36H2,1-10H3;1H/q+1;/p-1. The molecule has 0 aromatic rings. The fourth-order valence-electron chi connectivity index (χ4n) is 12.3. The maximum absolute atomic E-state index is 2.64. The van der Waals surface area contributed by atoms with E-state index in [0.29, 0.717) is 0 Å². The van der Waals surface area contributed by atoms with E-state index in [-0.39, 0.29) is 12.4 Å². The van der Waals surface area contributed by atoms with Gasteiger partial charge in [0.25, 0.3) is 0 Å². The van der Waals surface area contributed by atoms with E-state index in [1.807, 2.05) is 0 Å². The Morgan fingerprint density at radius 1 is 0.400 bits per heavy atom. The topological polar surface area (TPSA) is 0 Å². The van der Waals surface area contributed by atoms with Gasteiger partial charge in [0.15, 0.2) is 0 Å². The summed E-state index contributed by atoms with van der Waals surface area (Å²) in [5, 5.41) is 0. The molecule has 3 rings (SSSR count). The van der Waals surface area contributed by atoms with Gasteiger partial charge in [0.2, 0.25) is 0 Å². The zero-order chi connectivity index (χ0) is 35.8. The van der Waals surface area contributed by atoms with Crippen LogP contribution in [-0.2, 0) is 0 Å². The van der Waals surface area contributed by atoms with Crippen LogP contribution in [0.15, 0.2) is 0 Å². The van der Waals surface area contributed by atoms with E-state index in [2.05, 4.69) is 69.2 Å². The summed E-state index contributed by atoms with van der Waals surface area (Å²) in [7, 11) is 0. The molecule has 9 atom stereocenters. The van der Waals surface area contributed by atoms with E-state index < -0.39 is 0 Å². The molecule has 0 aromatic heterocycles. The van der Waals surface area contributed by atoms with Crippen LogP contribution in [-0.4, -0.2) is 29.2 Å². The lowest BCUT2D eigenvalue weighted by Crippen LogP contribution is -3.00. The van der Waals surface area contributed by atoms with Gasteiger partial charge < -0.3 is 16.9 Å². The van der Waals surface area contributed by atoms with Crippen LogP contribution in [0.5, 0.6) is 0 Å². The SMILES string of the molecule is CCCCCCCCCCCCCCCCCC[N+](C1CC(C)CCC1C(C)C)(C1CC(C)CCC1C(C)C)C1CC(C)CCC1C(C)C.[Cl-]. The Bertz CT molecular complexity index is 755. The van der Waals surface area contributed by atoms with Gasteiger partial charge in [-0.05, 0) is 86.9 Å². The molecule has 3 aliphatic carbocycles. The lowest BCUT2D eigenvalue weighted by Gasteiger charge is -2.64. The zero-order valence-electron chi connectivity index (χ0n) is 36.1. The summed E-state index contributed by atoms with van der Waals surface area (Å²) in [5.41, 5.74) is 0. The molecule has 3 saturated carbocycles. The van der Waals surface area contributed by atoms with Gasteiger partial charge in [0.1, 0.15) is 0 Å². The van der Waals surface area contributed by atoms with Crippen molar-refractivity contribution in [3.63, 3.8) is 0 Å². The maximum Gasteiger partial charge on any atom is 0.0928 e. The highest BCUT2D eigenvalue weighted by Gasteiger charge is 2.59. The number of nitrogens with zero attached hydrogens (tertiary/aromatic N) is 1. The molecule has 3 fully saturated rings. The van der Waals surface area contributed by atoms with Gasteiger partial charge in [-0.25, -0.2) is 0 Å². The fourth-order valence-corrected chi connectivity index (χ4v) is 12.3. The molecule has 298 valence electrons. The van der Waals surface area contributed by atoms with Crippen molar-refractivity contribution in [2.24, 2.45) is 53.3 Å². The molecule has 0 heterocycles. The van der Waals surface area contributed by atoms with Crippen LogP contribution in [0.3, 0.4) is 0 Å². The molecule has 50 heavy (non-hydrogen) atoms. The third-order valence-electron chi connectivity index (χ3n) is 15.2. The average Bonchev–Trinajstić information content (AvgIpc) is 3.06. The van der Waals surface area contributed by atoms with Gasteiger partial charge >= 0.3 is 0 Å². The van der Waals surface area contributed by atoms with E-state index >= 15 is 0 Å². The second-order valence-corrected chi connectivity index (χ2v) is 20.2. The van der Waals surface area contributed by atoms with Crippen molar-refractivity contribution in [3.05, 3.63) is 0 Å². The molecule has 9 unspecified atom stereocenters. The molecule has 3 aliphatic rings. The minimum atomic E-state index is 0. The van der Waals surface area contributed by atoms with Gasteiger partial charge in [0, 0.05) is 37.0 Å². The first kappa shape index (κ1) is 46.4. The summed E-state index contributed by atoms with van der Waals surface area (Å²) >= 11 is 0. The molecular formula is C48H94ClN. The Labute approximate surface area is 323 Å². The highest BCUT2D eigenvalue weighted by Crippen LogP contribution is 2.53. The van der Waals surface area contributed by atoms with Gasteiger partial charge in [-0.2, -0.15) is 0 Å². The highest BCUT2D eigenvalue weighted by atomic mass is 35.5. The molecule has 1 nitrogen and oxygen atoms in total. The van der Waals surface area contributed by atoms with Crippen molar-refractivity contribution >= 4 is 0 Å². The summed E-state index contributed by atoms with van der Waals surface area (Å²) in [6.07, 6.45) is 37.0. The van der Waals surface area contributed by atoms with E-state index in [1.54, 1.807) is 4.48 Å². The highest BCUT2D eigenvalue weighted by molar-refractivity contribution is 4.94. The summed E-state index contributed by atoms with van der Waals surface area (Å²) in [6, 6.07) is 2.65. The van der Waals surface area contributed by atoms with E-state index in [9.17, 15) is 0 Å². The van der Waals surface area contributed by atoms with Crippen LogP contribution in [0.1, 0.15) is 230 Å². The molecule has 0 aliphatic heterocycles. The lowest BCUT2D eigenvalue weighted by molar-refractivity contribution is -1.01. The number of quaternary nitrogens is 1. The number of rotatable bonds is 23. The van der Waals surface area contributed by atoms with Crippen molar-refractivity contribution in [1.29, 1.82) is 0 Å². The van der Waals surface area contributed by atoms with Crippen LogP contribution in [0.4, 0.5) is 0 Å². The first-order chi connectivity index (χ1) is 23.5. The fraction of sp³-hybridized carbons (Fsp3) is 1.00. The number of hydrogen-bond donors (Lipinski definition) is 0. The van der Waals surface area contributed by atoms with Crippen molar-refractivity contribution in [2.75, 3.05) is 6.54 Å². The van der Waals surface area contributed by atoms with Crippen LogP contribution in [0.2, 0.25) is 0 Å². The van der Waals surface area contributed by atoms with Crippen LogP contribution >= 0.6 is 0 Å². The molecule has 0 radical (unpaired) electrons. The smallest absolute Gasteiger partial charge is 0.0928 e. The molecule has 2 heteroatoms. The van der Waals surface area contributed by atoms with Crippen molar-refractivity contribution in [1.82, 2.24) is 0 Å². The van der Waals surface area contributed by atoms with Crippen LogP contribution in [0, 0.1) is 53.3 Å². The Morgan fingerprint density at radius 3 is 0.920 bits per heavy atom. The van der Waals surface area contributed by atoms with E-state index in [0.717, 1.165) is 71.4 Å². The van der Waals surface area contributed by atoms with Gasteiger partial charge in [-0.1, -0.05) is 159 Å². The van der Waals surface area contributed by atoms with Crippen molar-refractivity contribution in [2.45, 2.75) is 248 Å². The number of hydrogen-bond acceptors (Lipinski definition) is 0. The predicted molar refractivity (Wildman–Crippen MR) is 220 cm³/mol. The molecule has 0 amide bonds. The summed E-state index contributed by atoms with van der Waals surface area (Å²) < 4.78 is 1.56. The Morgan fingerprint density at radius 2 is 0.660 bits per heavy atom. The summed E-state index contributed by atoms with van der Waals surface area (Å²) in [6.45, 7) is 27.4. The zero-order valence-corrected chi connectivity index (χ0v) is 36.9. The number of unbranched alkanes of at least 4 members (excludes halogenated alkanes) is 15. The first-order valence-corrected chi connectivity index (χ1v) is 23.4. The monoisotopic (exact) mass is 720 g/mol. The second kappa shape index (κ2) is 24.6. The van der Waals surface area contributed by atoms with Gasteiger partial charge in [-0.3, -0.25) is 0 Å². The van der Waals surface area contributed by atoms with Crippen LogP contribution in [0.25, 0.3) is 0 Å². The van der Waals surface area contributed by atoms with E-state index in [4.69, 9.17) is 0 Å². The third-order valence-corrected chi connectivity index (χ3v) is 15.2. The Kier molecular flexibility index (Phi) is 22.8. The molecule has 0 spiro atoms. The average molecular weight is 721 g/mol. The predicted octanol–water partition coefficient (Wildman–Crippen LogP) is 12.5.